The average Bonchev–Trinajstić information content (AvgIpc) is 3.17. The van der Waals surface area contributed by atoms with Crippen LogP contribution in [-0.2, 0) is 4.79 Å². The summed E-state index contributed by atoms with van der Waals surface area (Å²) in [7, 11) is 0. The molecule has 2 atom stereocenters. The monoisotopic (exact) mass is 389 g/mol. The maximum absolute atomic E-state index is 13.5. The first-order chi connectivity index (χ1) is 13.0. The Bertz CT molecular complexity index is 933. The van der Waals surface area contributed by atoms with Gasteiger partial charge in [-0.25, -0.2) is 14.1 Å². The molecule has 8 nitrogen and oxygen atoms in total. The Morgan fingerprint density at radius 2 is 2.19 bits per heavy atom. The molecule has 10 heteroatoms. The number of benzene rings is 1. The van der Waals surface area contributed by atoms with Crippen LogP contribution >= 0.6 is 11.5 Å². The molecule has 1 aromatic heterocycles. The molecule has 0 spiro atoms. The van der Waals surface area contributed by atoms with E-state index >= 15 is 0 Å². The van der Waals surface area contributed by atoms with Crippen molar-refractivity contribution in [1.29, 1.82) is 0 Å². The van der Waals surface area contributed by atoms with Crippen molar-refractivity contribution < 1.29 is 18.8 Å². The minimum Gasteiger partial charge on any atom is -0.348 e. The molecule has 1 N–H and O–H groups in total. The lowest BCUT2D eigenvalue weighted by molar-refractivity contribution is -0.120. The first-order valence-electron chi connectivity index (χ1n) is 8.45. The number of carbonyl (C=O) groups excluding carboxylic acids is 3. The summed E-state index contributed by atoms with van der Waals surface area (Å²) < 4.78 is 17.2. The van der Waals surface area contributed by atoms with E-state index in [4.69, 9.17) is 0 Å². The largest absolute Gasteiger partial charge is 0.348 e. The van der Waals surface area contributed by atoms with Gasteiger partial charge in [0.25, 0.3) is 11.8 Å². The zero-order valence-corrected chi connectivity index (χ0v) is 15.2. The van der Waals surface area contributed by atoms with E-state index in [2.05, 4.69) is 14.9 Å². The smallest absolute Gasteiger partial charge is 0.332 e. The Balaban J connectivity index is 1.50. The third kappa shape index (κ3) is 3.05. The minimum atomic E-state index is -0.666. The molecule has 0 saturated carbocycles. The van der Waals surface area contributed by atoms with Gasteiger partial charge in [-0.05, 0) is 49.5 Å². The number of hydrogen-bond acceptors (Lipinski definition) is 6. The number of rotatable bonds is 3. The molecule has 4 rings (SSSR count). The van der Waals surface area contributed by atoms with Gasteiger partial charge in [-0.1, -0.05) is 10.6 Å². The standard InChI is InChI=1S/C17H16FN5O3S/c1-9-14(27-21-20-9)15(24)19-11-5-6-22-13(8-11)16(25)23(17(22)26)12-4-2-3-10(18)7-12/h2-4,7,11,13H,5-6,8H2,1H3,(H,19,24). The van der Waals surface area contributed by atoms with Gasteiger partial charge in [0.05, 0.1) is 11.4 Å². The highest BCUT2D eigenvalue weighted by molar-refractivity contribution is 7.08. The van der Waals surface area contributed by atoms with Crippen molar-refractivity contribution in [2.75, 3.05) is 11.4 Å². The minimum absolute atomic E-state index is 0.214. The van der Waals surface area contributed by atoms with Crippen LogP contribution in [0.25, 0.3) is 0 Å². The number of amides is 4. The first kappa shape index (κ1) is 17.5. The van der Waals surface area contributed by atoms with E-state index in [9.17, 15) is 18.8 Å². The van der Waals surface area contributed by atoms with Crippen LogP contribution in [0.5, 0.6) is 0 Å². The van der Waals surface area contributed by atoms with Crippen LogP contribution < -0.4 is 10.2 Å². The van der Waals surface area contributed by atoms with Gasteiger partial charge in [-0.15, -0.1) is 5.10 Å². The quantitative estimate of drug-likeness (QED) is 0.807. The molecule has 3 heterocycles. The summed E-state index contributed by atoms with van der Waals surface area (Å²) in [6, 6.07) is 4.03. The normalized spacial score (nSPS) is 22.1. The number of fused-ring (bicyclic) bond motifs is 1. The summed E-state index contributed by atoms with van der Waals surface area (Å²) in [4.78, 5) is 40.7. The second-order valence-corrected chi connectivity index (χ2v) is 7.28. The number of piperidine rings is 1. The van der Waals surface area contributed by atoms with Crippen molar-refractivity contribution in [3.63, 3.8) is 0 Å². The highest BCUT2D eigenvalue weighted by atomic mass is 32.1. The second kappa shape index (κ2) is 6.69. The van der Waals surface area contributed by atoms with E-state index in [1.807, 2.05) is 0 Å². The molecule has 27 heavy (non-hydrogen) atoms. The zero-order chi connectivity index (χ0) is 19.1. The summed E-state index contributed by atoms with van der Waals surface area (Å²) in [5.41, 5.74) is 0.769. The third-order valence-corrected chi connectivity index (χ3v) is 5.63. The van der Waals surface area contributed by atoms with Crippen LogP contribution in [0.15, 0.2) is 24.3 Å². The van der Waals surface area contributed by atoms with Crippen LogP contribution in [0.3, 0.4) is 0 Å². The number of anilines is 1. The van der Waals surface area contributed by atoms with Gasteiger partial charge < -0.3 is 10.2 Å². The number of urea groups is 1. The van der Waals surface area contributed by atoms with Crippen molar-refractivity contribution in [2.45, 2.75) is 31.8 Å². The number of hydrogen-bond donors (Lipinski definition) is 1. The van der Waals surface area contributed by atoms with Gasteiger partial charge in [0.1, 0.15) is 16.7 Å². The molecule has 0 radical (unpaired) electrons. The fourth-order valence-corrected chi connectivity index (χ4v) is 4.03. The third-order valence-electron chi connectivity index (χ3n) is 4.80. The van der Waals surface area contributed by atoms with E-state index in [1.165, 1.54) is 23.1 Å². The van der Waals surface area contributed by atoms with E-state index in [0.29, 0.717) is 30.0 Å². The Kier molecular flexibility index (Phi) is 4.34. The topological polar surface area (TPSA) is 95.5 Å². The Morgan fingerprint density at radius 1 is 1.37 bits per heavy atom. The van der Waals surface area contributed by atoms with Gasteiger partial charge in [0.2, 0.25) is 0 Å². The van der Waals surface area contributed by atoms with Crippen LogP contribution in [0.4, 0.5) is 14.9 Å². The molecule has 140 valence electrons. The van der Waals surface area contributed by atoms with Crippen molar-refractivity contribution in [3.8, 4) is 0 Å². The number of carbonyl (C=O) groups is 3. The maximum Gasteiger partial charge on any atom is 0.332 e. The van der Waals surface area contributed by atoms with E-state index in [-0.39, 0.29) is 17.6 Å². The van der Waals surface area contributed by atoms with Gasteiger partial charge >= 0.3 is 6.03 Å². The number of halogens is 1. The van der Waals surface area contributed by atoms with Gasteiger partial charge in [-0.2, -0.15) is 0 Å². The molecule has 0 bridgehead atoms. The van der Waals surface area contributed by atoms with Gasteiger partial charge in [-0.3, -0.25) is 9.59 Å². The predicted molar refractivity (Wildman–Crippen MR) is 94.9 cm³/mol. The van der Waals surface area contributed by atoms with E-state index in [0.717, 1.165) is 22.5 Å². The van der Waals surface area contributed by atoms with Crippen LogP contribution in [-0.4, -0.2) is 51.0 Å². The van der Waals surface area contributed by atoms with Crippen LogP contribution in [0.2, 0.25) is 0 Å². The fourth-order valence-electron chi connectivity index (χ4n) is 3.47. The number of nitrogens with one attached hydrogen (secondary N) is 1. The van der Waals surface area contributed by atoms with Crippen molar-refractivity contribution in [1.82, 2.24) is 19.8 Å². The predicted octanol–water partition coefficient (Wildman–Crippen LogP) is 1.72. The van der Waals surface area contributed by atoms with Gasteiger partial charge in [0.15, 0.2) is 0 Å². The number of aromatic nitrogens is 2. The molecular weight excluding hydrogens is 373 g/mol. The molecule has 2 unspecified atom stereocenters. The lowest BCUT2D eigenvalue weighted by Gasteiger charge is -2.32. The summed E-state index contributed by atoms with van der Waals surface area (Å²) in [6.07, 6.45) is 0.844. The Morgan fingerprint density at radius 3 is 2.89 bits per heavy atom. The molecule has 2 fully saturated rings. The zero-order valence-electron chi connectivity index (χ0n) is 14.4. The van der Waals surface area contributed by atoms with Crippen molar-refractivity contribution in [3.05, 3.63) is 40.7 Å². The van der Waals surface area contributed by atoms with Crippen molar-refractivity contribution >= 4 is 35.1 Å². The highest BCUT2D eigenvalue weighted by Gasteiger charge is 2.48. The molecule has 1 aromatic carbocycles. The first-order valence-corrected chi connectivity index (χ1v) is 9.23. The number of imide groups is 1. The second-order valence-electron chi connectivity index (χ2n) is 6.53. The van der Waals surface area contributed by atoms with E-state index in [1.54, 1.807) is 6.92 Å². The summed E-state index contributed by atoms with van der Waals surface area (Å²) in [6.45, 7) is 2.04. The van der Waals surface area contributed by atoms with Crippen LogP contribution in [0.1, 0.15) is 28.2 Å². The Hall–Kier alpha value is -2.88. The highest BCUT2D eigenvalue weighted by Crippen LogP contribution is 2.31. The molecule has 4 amide bonds. The average molecular weight is 389 g/mol. The molecule has 2 aliphatic rings. The molecule has 2 saturated heterocycles. The molecule has 2 aromatic rings. The van der Waals surface area contributed by atoms with Crippen molar-refractivity contribution in [2.24, 2.45) is 0 Å². The molecule has 0 aliphatic carbocycles. The van der Waals surface area contributed by atoms with Crippen LogP contribution in [0, 0.1) is 12.7 Å². The Labute approximate surface area is 158 Å². The lowest BCUT2D eigenvalue weighted by atomic mass is 9.98. The number of nitrogens with zero attached hydrogens (tertiary/aromatic N) is 4. The molecule has 2 aliphatic heterocycles. The van der Waals surface area contributed by atoms with E-state index < -0.39 is 23.8 Å². The summed E-state index contributed by atoms with van der Waals surface area (Å²) in [5, 5.41) is 6.72. The molecular formula is C17H16FN5O3S. The van der Waals surface area contributed by atoms with Gasteiger partial charge in [0, 0.05) is 12.6 Å². The summed E-state index contributed by atoms with van der Waals surface area (Å²) in [5.74, 6) is -1.20. The SMILES string of the molecule is Cc1nnsc1C(=O)NC1CCN2C(=O)N(c3cccc(F)c3)C(=O)C2C1. The maximum atomic E-state index is 13.5. The lowest BCUT2D eigenvalue weighted by Crippen LogP contribution is -2.49. The number of aryl methyl sites for hydroxylation is 1. The fraction of sp³-hybridized carbons (Fsp3) is 0.353. The summed E-state index contributed by atoms with van der Waals surface area (Å²) >= 11 is 1.02.